The molecule has 2 rings (SSSR count). The van der Waals surface area contributed by atoms with Crippen LogP contribution in [0.1, 0.15) is 24.5 Å². The average molecular weight is 197 g/mol. The second-order valence-corrected chi connectivity index (χ2v) is 4.69. The van der Waals surface area contributed by atoms with E-state index in [4.69, 9.17) is 5.73 Å². The second kappa shape index (κ2) is 3.62. The van der Waals surface area contributed by atoms with Gasteiger partial charge in [0.2, 0.25) is 0 Å². The highest BCUT2D eigenvalue weighted by atomic mass is 32.2. The zero-order valence-corrected chi connectivity index (χ0v) is 8.68. The number of nitrogens with zero attached hydrogens (tertiary/aromatic N) is 2. The van der Waals surface area contributed by atoms with Gasteiger partial charge in [-0.1, -0.05) is 0 Å². The van der Waals surface area contributed by atoms with E-state index < -0.39 is 0 Å². The van der Waals surface area contributed by atoms with Crippen LogP contribution < -0.4 is 5.73 Å². The molecule has 1 unspecified atom stereocenters. The molecule has 1 aliphatic rings. The molecule has 0 aromatic carbocycles. The maximum Gasteiger partial charge on any atom is 0.126 e. The maximum atomic E-state index is 5.92. The number of hydrogen-bond acceptors (Lipinski definition) is 3. The zero-order chi connectivity index (χ0) is 9.26. The molecule has 0 aliphatic carbocycles. The Labute approximate surface area is 82.7 Å². The minimum atomic E-state index is 0.583. The number of nitrogen functional groups attached to an aromatic ring is 1. The van der Waals surface area contributed by atoms with Crippen molar-refractivity contribution in [1.29, 1.82) is 0 Å². The first kappa shape index (κ1) is 8.94. The summed E-state index contributed by atoms with van der Waals surface area (Å²) in [4.78, 5) is 4.36. The highest BCUT2D eigenvalue weighted by Gasteiger charge is 2.20. The number of anilines is 1. The van der Waals surface area contributed by atoms with Crippen LogP contribution in [0, 0.1) is 0 Å². The first-order valence-corrected chi connectivity index (χ1v) is 5.79. The molecule has 0 radical (unpaired) electrons. The number of aryl methyl sites for hydroxylation is 1. The van der Waals surface area contributed by atoms with Crippen molar-refractivity contribution in [3.63, 3.8) is 0 Å². The van der Waals surface area contributed by atoms with Crippen molar-refractivity contribution in [3.8, 4) is 0 Å². The predicted molar refractivity (Wildman–Crippen MR) is 56.9 cm³/mol. The maximum absolute atomic E-state index is 5.92. The minimum absolute atomic E-state index is 0.583. The van der Waals surface area contributed by atoms with Gasteiger partial charge in [0, 0.05) is 18.7 Å². The molecule has 1 atom stereocenters. The Morgan fingerprint density at radius 2 is 2.54 bits per heavy atom. The van der Waals surface area contributed by atoms with Crippen LogP contribution in [0.15, 0.2) is 6.33 Å². The van der Waals surface area contributed by atoms with E-state index in [1.54, 1.807) is 0 Å². The molecule has 1 aromatic rings. The summed E-state index contributed by atoms with van der Waals surface area (Å²) in [5.74, 6) is 3.90. The van der Waals surface area contributed by atoms with E-state index >= 15 is 0 Å². The molecule has 1 fully saturated rings. The standard InChI is InChI=1S/C9H15N3S/c1-12-6-11-8(9(12)10)7-3-2-4-13-5-7/h6-7H,2-5,10H2,1H3. The van der Waals surface area contributed by atoms with Gasteiger partial charge in [-0.05, 0) is 18.6 Å². The summed E-state index contributed by atoms with van der Waals surface area (Å²) in [7, 11) is 1.95. The first-order chi connectivity index (χ1) is 6.29. The third kappa shape index (κ3) is 1.68. The second-order valence-electron chi connectivity index (χ2n) is 3.54. The van der Waals surface area contributed by atoms with Gasteiger partial charge in [0.05, 0.1) is 12.0 Å². The van der Waals surface area contributed by atoms with Crippen LogP contribution in [0.5, 0.6) is 0 Å². The fraction of sp³-hybridized carbons (Fsp3) is 0.667. The van der Waals surface area contributed by atoms with Crippen molar-refractivity contribution >= 4 is 17.6 Å². The summed E-state index contributed by atoms with van der Waals surface area (Å²) in [6, 6.07) is 0. The lowest BCUT2D eigenvalue weighted by molar-refractivity contribution is 0.648. The van der Waals surface area contributed by atoms with E-state index in [-0.39, 0.29) is 0 Å². The Morgan fingerprint density at radius 3 is 3.08 bits per heavy atom. The van der Waals surface area contributed by atoms with E-state index in [0.29, 0.717) is 5.92 Å². The van der Waals surface area contributed by atoms with E-state index in [9.17, 15) is 0 Å². The van der Waals surface area contributed by atoms with Crippen molar-refractivity contribution in [2.75, 3.05) is 17.2 Å². The minimum Gasteiger partial charge on any atom is -0.384 e. The van der Waals surface area contributed by atoms with Crippen LogP contribution in [-0.2, 0) is 7.05 Å². The summed E-state index contributed by atoms with van der Waals surface area (Å²) >= 11 is 2.01. The summed E-state index contributed by atoms with van der Waals surface area (Å²) in [5.41, 5.74) is 7.03. The van der Waals surface area contributed by atoms with E-state index in [1.165, 1.54) is 24.3 Å². The van der Waals surface area contributed by atoms with Gasteiger partial charge in [-0.3, -0.25) is 0 Å². The SMILES string of the molecule is Cn1cnc(C2CCCSC2)c1N. The molecule has 2 N–H and O–H groups in total. The molecule has 1 saturated heterocycles. The monoisotopic (exact) mass is 197 g/mol. The average Bonchev–Trinajstić information content (AvgIpc) is 2.49. The van der Waals surface area contributed by atoms with Crippen molar-refractivity contribution in [2.24, 2.45) is 7.05 Å². The van der Waals surface area contributed by atoms with Crippen molar-refractivity contribution in [2.45, 2.75) is 18.8 Å². The molecule has 3 nitrogen and oxygen atoms in total. The molecule has 72 valence electrons. The molecule has 0 bridgehead atoms. The van der Waals surface area contributed by atoms with Crippen LogP contribution in [-0.4, -0.2) is 21.1 Å². The molecule has 13 heavy (non-hydrogen) atoms. The summed E-state index contributed by atoms with van der Waals surface area (Å²) in [5, 5.41) is 0. The first-order valence-electron chi connectivity index (χ1n) is 4.63. The van der Waals surface area contributed by atoms with Gasteiger partial charge in [0.15, 0.2) is 0 Å². The lowest BCUT2D eigenvalue weighted by Crippen LogP contribution is -2.11. The van der Waals surface area contributed by atoms with Gasteiger partial charge >= 0.3 is 0 Å². The largest absolute Gasteiger partial charge is 0.384 e. The fourth-order valence-corrected chi connectivity index (χ4v) is 2.88. The number of nitrogens with two attached hydrogens (primary N) is 1. The van der Waals surface area contributed by atoms with Crippen molar-refractivity contribution in [1.82, 2.24) is 9.55 Å². The molecule has 4 heteroatoms. The predicted octanol–water partition coefficient (Wildman–Crippen LogP) is 1.61. The Morgan fingerprint density at radius 1 is 1.69 bits per heavy atom. The van der Waals surface area contributed by atoms with Gasteiger partial charge in [0.1, 0.15) is 5.82 Å². The van der Waals surface area contributed by atoms with Crippen molar-refractivity contribution in [3.05, 3.63) is 12.0 Å². The van der Waals surface area contributed by atoms with Crippen LogP contribution in [0.25, 0.3) is 0 Å². The number of aromatic nitrogens is 2. The Hall–Kier alpha value is -0.640. The lowest BCUT2D eigenvalue weighted by Gasteiger charge is -2.19. The third-order valence-corrected chi connectivity index (χ3v) is 3.77. The number of hydrogen-bond donors (Lipinski definition) is 1. The van der Waals surface area contributed by atoms with Crippen LogP contribution in [0.2, 0.25) is 0 Å². The van der Waals surface area contributed by atoms with E-state index in [2.05, 4.69) is 4.98 Å². The zero-order valence-electron chi connectivity index (χ0n) is 7.86. The molecule has 0 saturated carbocycles. The van der Waals surface area contributed by atoms with Gasteiger partial charge < -0.3 is 10.3 Å². The molecule has 1 aliphatic heterocycles. The molecule has 0 spiro atoms. The van der Waals surface area contributed by atoms with E-state index in [0.717, 1.165) is 11.5 Å². The van der Waals surface area contributed by atoms with E-state index in [1.807, 2.05) is 29.7 Å². The summed E-state index contributed by atoms with van der Waals surface area (Å²) < 4.78 is 1.90. The van der Waals surface area contributed by atoms with Crippen molar-refractivity contribution < 1.29 is 0 Å². The Balaban J connectivity index is 2.18. The normalized spacial score (nSPS) is 23.3. The molecular weight excluding hydrogens is 182 g/mol. The lowest BCUT2D eigenvalue weighted by atomic mass is 10.0. The van der Waals surface area contributed by atoms with Crippen LogP contribution in [0.4, 0.5) is 5.82 Å². The van der Waals surface area contributed by atoms with Gasteiger partial charge in [-0.2, -0.15) is 11.8 Å². The number of imidazole rings is 1. The highest BCUT2D eigenvalue weighted by Crippen LogP contribution is 2.32. The van der Waals surface area contributed by atoms with Crippen LogP contribution in [0.3, 0.4) is 0 Å². The topological polar surface area (TPSA) is 43.8 Å². The number of thioether (sulfide) groups is 1. The van der Waals surface area contributed by atoms with Gasteiger partial charge in [-0.15, -0.1) is 0 Å². The molecule has 2 heterocycles. The quantitative estimate of drug-likeness (QED) is 0.744. The van der Waals surface area contributed by atoms with Gasteiger partial charge in [0.25, 0.3) is 0 Å². The van der Waals surface area contributed by atoms with Crippen LogP contribution >= 0.6 is 11.8 Å². The molecular formula is C9H15N3S. The smallest absolute Gasteiger partial charge is 0.126 e. The Kier molecular flexibility index (Phi) is 2.49. The molecule has 1 aromatic heterocycles. The third-order valence-electron chi connectivity index (χ3n) is 2.56. The number of rotatable bonds is 1. The molecule has 0 amide bonds. The Bertz CT molecular complexity index is 289. The van der Waals surface area contributed by atoms with Gasteiger partial charge in [-0.25, -0.2) is 4.98 Å². The highest BCUT2D eigenvalue weighted by molar-refractivity contribution is 7.99. The summed E-state index contributed by atoms with van der Waals surface area (Å²) in [6.07, 6.45) is 4.35. The fourth-order valence-electron chi connectivity index (χ4n) is 1.73. The summed E-state index contributed by atoms with van der Waals surface area (Å²) in [6.45, 7) is 0.